The summed E-state index contributed by atoms with van der Waals surface area (Å²) in [4.78, 5) is 33.3. The Hall–Kier alpha value is -1.97. The predicted molar refractivity (Wildman–Crippen MR) is 135 cm³/mol. The van der Waals surface area contributed by atoms with Gasteiger partial charge in [-0.2, -0.15) is 0 Å². The van der Waals surface area contributed by atoms with Gasteiger partial charge >= 0.3 is 5.97 Å². The predicted octanol–water partition coefficient (Wildman–Crippen LogP) is 7.71. The van der Waals surface area contributed by atoms with Crippen LogP contribution in [-0.4, -0.2) is 17.5 Å². The fraction of sp³-hybridized carbons (Fsp3) is 0.679. The number of ether oxygens (including phenoxy) is 1. The zero-order valence-electron chi connectivity index (χ0n) is 22.8. The van der Waals surface area contributed by atoms with Gasteiger partial charge in [-0.25, -0.2) is 0 Å². The highest BCUT2D eigenvalue weighted by molar-refractivity contribution is 5.85. The van der Waals surface area contributed by atoms with Gasteiger partial charge < -0.3 is 9.53 Å². The van der Waals surface area contributed by atoms with E-state index in [-0.39, 0.29) is 28.9 Å². The van der Waals surface area contributed by atoms with E-state index in [2.05, 4.69) is 55.4 Å². The van der Waals surface area contributed by atoms with Crippen molar-refractivity contribution in [3.63, 3.8) is 0 Å². The van der Waals surface area contributed by atoms with Crippen LogP contribution in [0.2, 0.25) is 0 Å². The molecule has 0 aliphatic heterocycles. The van der Waals surface area contributed by atoms with Crippen LogP contribution in [0.4, 0.5) is 0 Å². The van der Waals surface area contributed by atoms with Crippen molar-refractivity contribution in [2.24, 2.45) is 10.8 Å². The highest BCUT2D eigenvalue weighted by Gasteiger charge is 2.17. The maximum atomic E-state index is 11.8. The molecule has 184 valence electrons. The van der Waals surface area contributed by atoms with E-state index in [4.69, 9.17) is 4.74 Å². The van der Waals surface area contributed by atoms with E-state index >= 15 is 0 Å². The number of rotatable bonds is 7. The first kappa shape index (κ1) is 32.2. The molecular formula is C28H48O4. The SMILES string of the molecule is CC(=O)CC(C)(C)C.CC(C)(C)C.CCCc1cc(OC(C)=O)ccc1C(C)C(=O)CC. The molecule has 1 unspecified atom stereocenters. The molecule has 0 aliphatic carbocycles. The highest BCUT2D eigenvalue weighted by atomic mass is 16.5. The Morgan fingerprint density at radius 2 is 1.44 bits per heavy atom. The van der Waals surface area contributed by atoms with Crippen molar-refractivity contribution in [3.05, 3.63) is 29.3 Å². The van der Waals surface area contributed by atoms with Crippen molar-refractivity contribution in [2.75, 3.05) is 0 Å². The molecule has 0 aromatic heterocycles. The van der Waals surface area contributed by atoms with Crippen LogP contribution in [0.15, 0.2) is 18.2 Å². The van der Waals surface area contributed by atoms with Crippen LogP contribution < -0.4 is 4.74 Å². The first-order valence-corrected chi connectivity index (χ1v) is 11.7. The second-order valence-corrected chi connectivity index (χ2v) is 11.2. The third-order valence-electron chi connectivity index (χ3n) is 3.97. The smallest absolute Gasteiger partial charge is 0.308 e. The Labute approximate surface area is 197 Å². The molecule has 0 amide bonds. The van der Waals surface area contributed by atoms with Gasteiger partial charge in [-0.05, 0) is 47.4 Å². The summed E-state index contributed by atoms with van der Waals surface area (Å²) in [5.74, 6) is 0.636. The minimum Gasteiger partial charge on any atom is -0.427 e. The third kappa shape index (κ3) is 18.8. The zero-order chi connectivity index (χ0) is 25.7. The lowest BCUT2D eigenvalue weighted by atomic mass is 9.89. The summed E-state index contributed by atoms with van der Waals surface area (Å²) in [6.45, 7) is 23.9. The van der Waals surface area contributed by atoms with Crippen molar-refractivity contribution in [1.82, 2.24) is 0 Å². The molecule has 1 aromatic rings. The molecule has 1 aromatic carbocycles. The molecule has 0 spiro atoms. The third-order valence-corrected chi connectivity index (χ3v) is 3.97. The molecule has 32 heavy (non-hydrogen) atoms. The number of hydrogen-bond acceptors (Lipinski definition) is 4. The topological polar surface area (TPSA) is 60.4 Å². The van der Waals surface area contributed by atoms with Crippen molar-refractivity contribution in [1.29, 1.82) is 0 Å². The summed E-state index contributed by atoms with van der Waals surface area (Å²) >= 11 is 0. The Morgan fingerprint density at radius 3 is 1.75 bits per heavy atom. The van der Waals surface area contributed by atoms with Gasteiger partial charge in [0.25, 0.3) is 0 Å². The number of carbonyl (C=O) groups is 3. The fourth-order valence-corrected chi connectivity index (χ4v) is 2.95. The molecule has 0 fully saturated rings. The summed E-state index contributed by atoms with van der Waals surface area (Å²) in [5.41, 5.74) is 2.81. The molecular weight excluding hydrogens is 400 g/mol. The van der Waals surface area contributed by atoms with Crippen molar-refractivity contribution in [3.8, 4) is 5.75 Å². The highest BCUT2D eigenvalue weighted by Crippen LogP contribution is 2.27. The number of esters is 1. The van der Waals surface area contributed by atoms with Gasteiger partial charge in [0, 0.05) is 25.7 Å². The van der Waals surface area contributed by atoms with Crippen LogP contribution >= 0.6 is 0 Å². The van der Waals surface area contributed by atoms with Crippen molar-refractivity contribution >= 4 is 17.5 Å². The lowest BCUT2D eigenvalue weighted by molar-refractivity contribution is -0.132. The Morgan fingerprint density at radius 1 is 0.938 bits per heavy atom. The zero-order valence-corrected chi connectivity index (χ0v) is 22.8. The van der Waals surface area contributed by atoms with Crippen LogP contribution in [0.5, 0.6) is 5.75 Å². The lowest BCUT2D eigenvalue weighted by Crippen LogP contribution is -2.11. The minimum absolute atomic E-state index is 0.0991. The summed E-state index contributed by atoms with van der Waals surface area (Å²) in [7, 11) is 0. The van der Waals surface area contributed by atoms with Crippen LogP contribution in [0.25, 0.3) is 0 Å². The van der Waals surface area contributed by atoms with E-state index in [1.165, 1.54) is 6.92 Å². The largest absolute Gasteiger partial charge is 0.427 e. The van der Waals surface area contributed by atoms with Crippen LogP contribution in [-0.2, 0) is 20.8 Å². The average molecular weight is 449 g/mol. The van der Waals surface area contributed by atoms with Gasteiger partial charge in [0.1, 0.15) is 17.3 Å². The summed E-state index contributed by atoms with van der Waals surface area (Å²) < 4.78 is 5.10. The number of benzene rings is 1. The van der Waals surface area contributed by atoms with E-state index in [1.54, 1.807) is 13.0 Å². The van der Waals surface area contributed by atoms with Crippen LogP contribution in [0.1, 0.15) is 119 Å². The molecule has 4 heteroatoms. The summed E-state index contributed by atoms with van der Waals surface area (Å²) in [5, 5.41) is 0. The quantitative estimate of drug-likeness (QED) is 0.316. The summed E-state index contributed by atoms with van der Waals surface area (Å²) in [6.07, 6.45) is 3.10. The van der Waals surface area contributed by atoms with Gasteiger partial charge in [0.2, 0.25) is 0 Å². The van der Waals surface area contributed by atoms with Crippen molar-refractivity contribution < 1.29 is 19.1 Å². The maximum Gasteiger partial charge on any atom is 0.308 e. The average Bonchev–Trinajstić information content (AvgIpc) is 2.57. The molecule has 1 atom stereocenters. The van der Waals surface area contributed by atoms with E-state index < -0.39 is 0 Å². The molecule has 0 saturated carbocycles. The van der Waals surface area contributed by atoms with E-state index in [9.17, 15) is 14.4 Å². The normalized spacial score (nSPS) is 11.9. The molecule has 0 N–H and O–H groups in total. The number of aryl methyl sites for hydroxylation is 1. The van der Waals surface area contributed by atoms with E-state index in [0.717, 1.165) is 24.0 Å². The first-order valence-electron chi connectivity index (χ1n) is 11.7. The fourth-order valence-electron chi connectivity index (χ4n) is 2.95. The maximum absolute atomic E-state index is 11.8. The number of ketones is 2. The van der Waals surface area contributed by atoms with Crippen LogP contribution in [0, 0.1) is 10.8 Å². The number of hydrogen-bond donors (Lipinski definition) is 0. The van der Waals surface area contributed by atoms with Gasteiger partial charge in [0.05, 0.1) is 0 Å². The molecule has 0 bridgehead atoms. The van der Waals surface area contributed by atoms with E-state index in [0.29, 0.717) is 24.0 Å². The second kappa shape index (κ2) is 15.0. The molecule has 0 aliphatic rings. The number of carbonyl (C=O) groups excluding carboxylic acids is 3. The van der Waals surface area contributed by atoms with Crippen LogP contribution in [0.3, 0.4) is 0 Å². The number of Topliss-reactive ketones (excluding diaryl/α,β-unsaturated/α-hetero) is 2. The Bertz CT molecular complexity index is 712. The minimum atomic E-state index is -0.326. The molecule has 0 radical (unpaired) electrons. The van der Waals surface area contributed by atoms with Gasteiger partial charge in [0.15, 0.2) is 0 Å². The van der Waals surface area contributed by atoms with E-state index in [1.807, 2.05) is 26.0 Å². The van der Waals surface area contributed by atoms with Gasteiger partial charge in [-0.3, -0.25) is 9.59 Å². The molecule has 4 nitrogen and oxygen atoms in total. The Balaban J connectivity index is 0. The Kier molecular flexibility index (Phi) is 15.1. The second-order valence-electron chi connectivity index (χ2n) is 11.2. The monoisotopic (exact) mass is 448 g/mol. The van der Waals surface area contributed by atoms with Gasteiger partial charge in [-0.15, -0.1) is 0 Å². The molecule has 0 heterocycles. The lowest BCUT2D eigenvalue weighted by Gasteiger charge is -2.16. The standard InChI is InChI=1S/C16H22O3.C7H14O.C5H12/c1-5-7-13-10-14(19-12(4)17)8-9-15(13)11(3)16(18)6-2;1-6(8)5-7(2,3)4;1-5(2,3)4/h8-11H,5-7H2,1-4H3;5H2,1-4H3;1-4H3. The summed E-state index contributed by atoms with van der Waals surface area (Å²) in [6, 6.07) is 5.54. The van der Waals surface area contributed by atoms with Crippen molar-refractivity contribution in [2.45, 2.75) is 115 Å². The van der Waals surface area contributed by atoms with Gasteiger partial charge in [-0.1, -0.05) is 81.7 Å². The molecule has 1 rings (SSSR count). The first-order chi connectivity index (χ1) is 14.4. The molecule has 0 saturated heterocycles.